The minimum atomic E-state index is 0.182. The number of morpholine rings is 1. The molecule has 4 rings (SSSR count). The van der Waals surface area contributed by atoms with E-state index in [4.69, 9.17) is 4.74 Å². The summed E-state index contributed by atoms with van der Waals surface area (Å²) < 4.78 is 5.39. The van der Waals surface area contributed by atoms with E-state index in [9.17, 15) is 4.79 Å². The third-order valence-electron chi connectivity index (χ3n) is 6.51. The molecule has 0 aliphatic carbocycles. The largest absolute Gasteiger partial charge is 0.378 e. The van der Waals surface area contributed by atoms with Crippen LogP contribution in [0.5, 0.6) is 0 Å². The number of hydrogen-bond donors (Lipinski definition) is 1. The van der Waals surface area contributed by atoms with E-state index in [-0.39, 0.29) is 5.92 Å². The van der Waals surface area contributed by atoms with Gasteiger partial charge in [-0.1, -0.05) is 0 Å². The van der Waals surface area contributed by atoms with Gasteiger partial charge in [-0.25, -0.2) is 4.98 Å². The van der Waals surface area contributed by atoms with Crippen LogP contribution in [0.1, 0.15) is 37.1 Å². The van der Waals surface area contributed by atoms with Crippen molar-refractivity contribution in [3.05, 3.63) is 17.7 Å². The monoisotopic (exact) mass is 375 g/mol. The molecular formula is C20H33N5O2. The molecular weight excluding hydrogens is 342 g/mol. The van der Waals surface area contributed by atoms with Gasteiger partial charge in [-0.05, 0) is 39.2 Å². The van der Waals surface area contributed by atoms with Gasteiger partial charge in [0.25, 0.3) is 0 Å². The zero-order valence-corrected chi connectivity index (χ0v) is 16.5. The average Bonchev–Trinajstić information content (AvgIpc) is 3.13. The fourth-order valence-corrected chi connectivity index (χ4v) is 4.78. The fraction of sp³-hybridized carbons (Fsp3) is 0.800. The Morgan fingerprint density at radius 1 is 1.19 bits per heavy atom. The van der Waals surface area contributed by atoms with Gasteiger partial charge >= 0.3 is 0 Å². The number of nitrogens with one attached hydrogen (secondary N) is 1. The molecule has 1 N–H and O–H groups in total. The van der Waals surface area contributed by atoms with E-state index < -0.39 is 0 Å². The molecule has 0 radical (unpaired) electrons. The summed E-state index contributed by atoms with van der Waals surface area (Å²) in [7, 11) is 0. The van der Waals surface area contributed by atoms with Crippen LogP contribution < -0.4 is 0 Å². The van der Waals surface area contributed by atoms with E-state index in [1.807, 2.05) is 4.90 Å². The van der Waals surface area contributed by atoms with Gasteiger partial charge in [-0.3, -0.25) is 14.6 Å². The lowest BCUT2D eigenvalue weighted by Gasteiger charge is -2.43. The number of aromatic nitrogens is 2. The van der Waals surface area contributed by atoms with E-state index in [2.05, 4.69) is 26.7 Å². The summed E-state index contributed by atoms with van der Waals surface area (Å²) in [6.45, 7) is 10.3. The molecule has 27 heavy (non-hydrogen) atoms. The highest BCUT2D eigenvalue weighted by molar-refractivity contribution is 5.79. The molecule has 0 saturated carbocycles. The van der Waals surface area contributed by atoms with Gasteiger partial charge in [0.1, 0.15) is 0 Å². The number of aryl methyl sites for hydroxylation is 1. The summed E-state index contributed by atoms with van der Waals surface area (Å²) >= 11 is 0. The van der Waals surface area contributed by atoms with Crippen molar-refractivity contribution in [3.8, 4) is 0 Å². The number of nitrogens with zero attached hydrogens (tertiary/aromatic N) is 4. The molecule has 1 unspecified atom stereocenters. The first-order valence-electron chi connectivity index (χ1n) is 10.5. The Kier molecular flexibility index (Phi) is 6.10. The van der Waals surface area contributed by atoms with Crippen LogP contribution in [0.4, 0.5) is 0 Å². The first-order chi connectivity index (χ1) is 13.2. The van der Waals surface area contributed by atoms with Crippen molar-refractivity contribution in [2.24, 2.45) is 5.92 Å². The number of piperidine rings is 2. The van der Waals surface area contributed by atoms with E-state index in [1.165, 1.54) is 24.2 Å². The van der Waals surface area contributed by atoms with Gasteiger partial charge in [0.05, 0.1) is 31.2 Å². The summed E-state index contributed by atoms with van der Waals surface area (Å²) in [4.78, 5) is 27.6. The summed E-state index contributed by atoms with van der Waals surface area (Å²) in [5, 5.41) is 0. The maximum absolute atomic E-state index is 12.9. The molecule has 7 nitrogen and oxygen atoms in total. The molecule has 0 bridgehead atoms. The first kappa shape index (κ1) is 18.9. The SMILES string of the molecule is Cc1[nH]cnc1CN1CCC(N2CCCC(C(=O)N3CCOCC3)C2)CC1. The molecule has 0 aromatic carbocycles. The topological polar surface area (TPSA) is 64.7 Å². The number of carbonyl (C=O) groups excluding carboxylic acids is 1. The number of carbonyl (C=O) groups is 1. The maximum Gasteiger partial charge on any atom is 0.227 e. The summed E-state index contributed by atoms with van der Waals surface area (Å²) in [5.41, 5.74) is 2.35. The Morgan fingerprint density at radius 2 is 1.96 bits per heavy atom. The highest BCUT2D eigenvalue weighted by Crippen LogP contribution is 2.26. The van der Waals surface area contributed by atoms with Gasteiger partial charge in [-0.2, -0.15) is 0 Å². The molecule has 1 aromatic rings. The Hall–Kier alpha value is -1.44. The zero-order chi connectivity index (χ0) is 18.6. The minimum absolute atomic E-state index is 0.182. The minimum Gasteiger partial charge on any atom is -0.378 e. The van der Waals surface area contributed by atoms with Crippen LogP contribution in [-0.2, 0) is 16.1 Å². The highest BCUT2D eigenvalue weighted by atomic mass is 16.5. The molecule has 3 saturated heterocycles. The Labute approximate surface area is 162 Å². The fourth-order valence-electron chi connectivity index (χ4n) is 4.78. The van der Waals surface area contributed by atoms with E-state index >= 15 is 0 Å². The normalized spacial score (nSPS) is 26.4. The van der Waals surface area contributed by atoms with Crippen LogP contribution in [-0.4, -0.2) is 89.1 Å². The zero-order valence-electron chi connectivity index (χ0n) is 16.5. The highest BCUT2D eigenvalue weighted by Gasteiger charge is 2.34. The molecule has 3 aliphatic rings. The van der Waals surface area contributed by atoms with E-state index in [0.717, 1.165) is 58.7 Å². The number of imidazole rings is 1. The standard InChI is InChI=1S/C20H33N5O2/c1-16-19(22-15-21-16)14-23-7-4-18(5-8-23)25-6-2-3-17(13-25)20(26)24-9-11-27-12-10-24/h15,17-18H,2-14H2,1H3,(H,21,22). The van der Waals surface area contributed by atoms with Gasteiger partial charge in [0, 0.05) is 51.0 Å². The van der Waals surface area contributed by atoms with Crippen molar-refractivity contribution >= 4 is 5.91 Å². The number of H-pyrrole nitrogens is 1. The van der Waals surface area contributed by atoms with Crippen molar-refractivity contribution in [2.75, 3.05) is 52.5 Å². The van der Waals surface area contributed by atoms with Crippen molar-refractivity contribution < 1.29 is 9.53 Å². The molecule has 1 atom stereocenters. The maximum atomic E-state index is 12.9. The van der Waals surface area contributed by atoms with Gasteiger partial charge in [0.2, 0.25) is 5.91 Å². The second-order valence-corrected chi connectivity index (χ2v) is 8.25. The molecule has 1 amide bonds. The predicted molar refractivity (Wildman–Crippen MR) is 103 cm³/mol. The van der Waals surface area contributed by atoms with Crippen molar-refractivity contribution in [3.63, 3.8) is 0 Å². The lowest BCUT2D eigenvalue weighted by atomic mass is 9.92. The molecule has 7 heteroatoms. The Bertz CT molecular complexity index is 620. The molecule has 150 valence electrons. The number of ether oxygens (including phenoxy) is 1. The van der Waals surface area contributed by atoms with Crippen molar-refractivity contribution in [1.82, 2.24) is 24.7 Å². The number of rotatable bonds is 4. The molecule has 0 spiro atoms. The quantitative estimate of drug-likeness (QED) is 0.858. The van der Waals surface area contributed by atoms with Gasteiger partial charge in [0.15, 0.2) is 0 Å². The van der Waals surface area contributed by atoms with Crippen LogP contribution in [0.15, 0.2) is 6.33 Å². The summed E-state index contributed by atoms with van der Waals surface area (Å²) in [6.07, 6.45) is 6.37. The van der Waals surface area contributed by atoms with Crippen molar-refractivity contribution in [2.45, 2.75) is 45.2 Å². The van der Waals surface area contributed by atoms with Crippen LogP contribution >= 0.6 is 0 Å². The van der Waals surface area contributed by atoms with Gasteiger partial charge < -0.3 is 14.6 Å². The molecule has 1 aromatic heterocycles. The van der Waals surface area contributed by atoms with E-state index in [1.54, 1.807) is 6.33 Å². The third-order valence-corrected chi connectivity index (χ3v) is 6.51. The average molecular weight is 376 g/mol. The number of hydrogen-bond acceptors (Lipinski definition) is 5. The van der Waals surface area contributed by atoms with Crippen LogP contribution in [0.2, 0.25) is 0 Å². The molecule has 3 fully saturated rings. The lowest BCUT2D eigenvalue weighted by molar-refractivity contribution is -0.142. The summed E-state index contributed by atoms with van der Waals surface area (Å²) in [5.74, 6) is 0.538. The second kappa shape index (κ2) is 8.71. The lowest BCUT2D eigenvalue weighted by Crippen LogP contribution is -2.52. The molecule has 3 aliphatic heterocycles. The van der Waals surface area contributed by atoms with Crippen LogP contribution in [0.3, 0.4) is 0 Å². The van der Waals surface area contributed by atoms with Crippen LogP contribution in [0, 0.1) is 12.8 Å². The smallest absolute Gasteiger partial charge is 0.227 e. The Morgan fingerprint density at radius 3 is 2.67 bits per heavy atom. The second-order valence-electron chi connectivity index (χ2n) is 8.25. The van der Waals surface area contributed by atoms with Gasteiger partial charge in [-0.15, -0.1) is 0 Å². The summed E-state index contributed by atoms with van der Waals surface area (Å²) in [6, 6.07) is 0.627. The van der Waals surface area contributed by atoms with Crippen molar-refractivity contribution in [1.29, 1.82) is 0 Å². The van der Waals surface area contributed by atoms with E-state index in [0.29, 0.717) is 25.2 Å². The Balaban J connectivity index is 1.26. The predicted octanol–water partition coefficient (Wildman–Crippen LogP) is 1.25. The number of amides is 1. The number of likely N-dealkylation sites (tertiary alicyclic amines) is 2. The third kappa shape index (κ3) is 4.52. The first-order valence-corrected chi connectivity index (χ1v) is 10.5. The molecule has 4 heterocycles. The van der Waals surface area contributed by atoms with Crippen LogP contribution in [0.25, 0.3) is 0 Å². The number of aromatic amines is 1.